The van der Waals surface area contributed by atoms with Crippen molar-refractivity contribution in [1.29, 1.82) is 0 Å². The summed E-state index contributed by atoms with van der Waals surface area (Å²) in [5.41, 5.74) is 2.72. The second-order valence-electron chi connectivity index (χ2n) is 8.57. The highest BCUT2D eigenvalue weighted by molar-refractivity contribution is 7.98. The third-order valence-electron chi connectivity index (χ3n) is 6.04. The van der Waals surface area contributed by atoms with E-state index in [-0.39, 0.29) is 16.4 Å². The highest BCUT2D eigenvalue weighted by Gasteiger charge is 2.25. The van der Waals surface area contributed by atoms with Crippen LogP contribution < -0.4 is 9.46 Å². The number of nitrogens with one attached hydrogen (secondary N) is 1. The van der Waals surface area contributed by atoms with E-state index in [4.69, 9.17) is 4.74 Å². The van der Waals surface area contributed by atoms with Gasteiger partial charge in [0.15, 0.2) is 0 Å². The Bertz CT molecular complexity index is 1290. The first-order chi connectivity index (χ1) is 16.9. The van der Waals surface area contributed by atoms with Crippen LogP contribution in [-0.4, -0.2) is 39.4 Å². The Morgan fingerprint density at radius 2 is 1.74 bits per heavy atom. The molecule has 0 unspecified atom stereocenters. The van der Waals surface area contributed by atoms with Crippen LogP contribution in [0.5, 0.6) is 5.75 Å². The van der Waals surface area contributed by atoms with Gasteiger partial charge in [0.25, 0.3) is 15.9 Å². The number of benzene rings is 3. The third-order valence-corrected chi connectivity index (χ3v) is 8.49. The number of thioether (sulfide) groups is 1. The number of rotatable bonds is 8. The van der Waals surface area contributed by atoms with Crippen molar-refractivity contribution >= 4 is 33.4 Å². The van der Waals surface area contributed by atoms with Gasteiger partial charge in [-0.1, -0.05) is 30.3 Å². The van der Waals surface area contributed by atoms with Gasteiger partial charge in [-0.05, 0) is 73.7 Å². The molecular weight excluding hydrogens is 480 g/mol. The Morgan fingerprint density at radius 1 is 1.00 bits per heavy atom. The van der Waals surface area contributed by atoms with Gasteiger partial charge in [-0.25, -0.2) is 8.42 Å². The van der Waals surface area contributed by atoms with E-state index in [2.05, 4.69) is 16.9 Å². The standard InChI is InChI=1S/C27H30N2O4S2/c1-20-17-21(19-34-22-9-5-3-6-10-22)11-13-25(20)28-35(31,32)23-12-14-26(33-2)24(18-23)27(30)29-15-7-4-8-16-29/h3,5-6,9-14,17-18,28H,4,7-8,15-16,19H2,1-2H3. The maximum atomic E-state index is 13.2. The number of piperidine rings is 1. The number of sulfonamides is 1. The predicted molar refractivity (Wildman–Crippen MR) is 141 cm³/mol. The van der Waals surface area contributed by atoms with Gasteiger partial charge in [0.05, 0.1) is 23.3 Å². The Balaban J connectivity index is 1.52. The quantitative estimate of drug-likeness (QED) is 0.392. The summed E-state index contributed by atoms with van der Waals surface area (Å²) in [6, 6.07) is 20.3. The summed E-state index contributed by atoms with van der Waals surface area (Å²) < 4.78 is 34.5. The van der Waals surface area contributed by atoms with Crippen molar-refractivity contribution < 1.29 is 17.9 Å². The zero-order chi connectivity index (χ0) is 24.8. The van der Waals surface area contributed by atoms with Crippen molar-refractivity contribution in [2.45, 2.75) is 41.7 Å². The van der Waals surface area contributed by atoms with Crippen molar-refractivity contribution in [1.82, 2.24) is 4.90 Å². The Morgan fingerprint density at radius 3 is 2.43 bits per heavy atom. The molecule has 4 rings (SSSR count). The average molecular weight is 511 g/mol. The van der Waals surface area contributed by atoms with Crippen LogP contribution in [0.25, 0.3) is 0 Å². The molecule has 35 heavy (non-hydrogen) atoms. The Kier molecular flexibility index (Phi) is 8.03. The number of ether oxygens (including phenoxy) is 1. The van der Waals surface area contributed by atoms with E-state index in [1.54, 1.807) is 28.8 Å². The Labute approximate surface area is 211 Å². The van der Waals surface area contributed by atoms with Gasteiger partial charge in [-0.2, -0.15) is 0 Å². The summed E-state index contributed by atoms with van der Waals surface area (Å²) in [7, 11) is -2.42. The number of likely N-dealkylation sites (tertiary alicyclic amines) is 1. The number of methoxy groups -OCH3 is 1. The molecule has 0 aliphatic carbocycles. The number of carbonyl (C=O) groups is 1. The minimum Gasteiger partial charge on any atom is -0.496 e. The van der Waals surface area contributed by atoms with E-state index in [1.807, 2.05) is 37.3 Å². The highest BCUT2D eigenvalue weighted by atomic mass is 32.2. The summed E-state index contributed by atoms with van der Waals surface area (Å²) in [5, 5.41) is 0. The van der Waals surface area contributed by atoms with Crippen molar-refractivity contribution in [3.05, 3.63) is 83.4 Å². The lowest BCUT2D eigenvalue weighted by atomic mass is 10.1. The minimum absolute atomic E-state index is 0.0294. The summed E-state index contributed by atoms with van der Waals surface area (Å²) in [6.07, 6.45) is 3.00. The van der Waals surface area contributed by atoms with Crippen LogP contribution in [0.2, 0.25) is 0 Å². The maximum Gasteiger partial charge on any atom is 0.261 e. The fraction of sp³-hybridized carbons (Fsp3) is 0.296. The summed E-state index contributed by atoms with van der Waals surface area (Å²) in [6.45, 7) is 3.23. The zero-order valence-corrected chi connectivity index (χ0v) is 21.6. The first-order valence-corrected chi connectivity index (χ1v) is 14.1. The molecule has 1 aliphatic rings. The monoisotopic (exact) mass is 510 g/mol. The lowest BCUT2D eigenvalue weighted by Gasteiger charge is -2.27. The second kappa shape index (κ2) is 11.2. The highest BCUT2D eigenvalue weighted by Crippen LogP contribution is 2.29. The molecule has 1 fully saturated rings. The molecule has 1 saturated heterocycles. The molecule has 1 heterocycles. The molecule has 0 bridgehead atoms. The van der Waals surface area contributed by atoms with Gasteiger partial charge in [-0.3, -0.25) is 9.52 Å². The number of hydrogen-bond acceptors (Lipinski definition) is 5. The van der Waals surface area contributed by atoms with Crippen molar-refractivity contribution in [3.63, 3.8) is 0 Å². The number of anilines is 1. The largest absolute Gasteiger partial charge is 0.496 e. The third kappa shape index (κ3) is 6.18. The van der Waals surface area contributed by atoms with Crippen LogP contribution in [0.1, 0.15) is 40.7 Å². The number of nitrogens with zero attached hydrogens (tertiary/aromatic N) is 1. The summed E-state index contributed by atoms with van der Waals surface area (Å²) in [4.78, 5) is 16.1. The minimum atomic E-state index is -3.90. The molecule has 1 amide bonds. The normalized spacial score (nSPS) is 13.9. The van der Waals surface area contributed by atoms with E-state index >= 15 is 0 Å². The van der Waals surface area contributed by atoms with E-state index in [1.165, 1.54) is 24.1 Å². The average Bonchev–Trinajstić information content (AvgIpc) is 2.89. The number of amides is 1. The van der Waals surface area contributed by atoms with Crippen LogP contribution >= 0.6 is 11.8 Å². The van der Waals surface area contributed by atoms with Gasteiger partial charge in [0, 0.05) is 23.7 Å². The van der Waals surface area contributed by atoms with Crippen molar-refractivity contribution in [3.8, 4) is 5.75 Å². The maximum absolute atomic E-state index is 13.2. The zero-order valence-electron chi connectivity index (χ0n) is 20.0. The first kappa shape index (κ1) is 25.1. The molecule has 3 aromatic carbocycles. The van der Waals surface area contributed by atoms with Gasteiger partial charge in [0.1, 0.15) is 5.75 Å². The fourth-order valence-electron chi connectivity index (χ4n) is 4.11. The molecule has 0 spiro atoms. The summed E-state index contributed by atoms with van der Waals surface area (Å²) in [5.74, 6) is 0.962. The van der Waals surface area contributed by atoms with Gasteiger partial charge >= 0.3 is 0 Å². The van der Waals surface area contributed by atoms with Gasteiger partial charge < -0.3 is 9.64 Å². The molecule has 0 radical (unpaired) electrons. The first-order valence-electron chi connectivity index (χ1n) is 11.6. The van der Waals surface area contributed by atoms with Crippen LogP contribution in [-0.2, 0) is 15.8 Å². The number of carbonyl (C=O) groups excluding carboxylic acids is 1. The number of aryl methyl sites for hydroxylation is 1. The molecule has 3 aromatic rings. The topological polar surface area (TPSA) is 75.7 Å². The molecule has 184 valence electrons. The molecule has 1 N–H and O–H groups in total. The van der Waals surface area contributed by atoms with Gasteiger partial charge in [-0.15, -0.1) is 11.8 Å². The van der Waals surface area contributed by atoms with E-state index < -0.39 is 10.0 Å². The Hall–Kier alpha value is -2.97. The smallest absolute Gasteiger partial charge is 0.261 e. The molecule has 6 nitrogen and oxygen atoms in total. The lowest BCUT2D eigenvalue weighted by molar-refractivity contribution is 0.0720. The van der Waals surface area contributed by atoms with E-state index in [0.29, 0.717) is 24.5 Å². The second-order valence-corrected chi connectivity index (χ2v) is 11.3. The van der Waals surface area contributed by atoms with E-state index in [9.17, 15) is 13.2 Å². The molecule has 0 saturated carbocycles. The molecule has 1 aliphatic heterocycles. The lowest BCUT2D eigenvalue weighted by Crippen LogP contribution is -2.35. The summed E-state index contributed by atoms with van der Waals surface area (Å²) >= 11 is 1.73. The van der Waals surface area contributed by atoms with Crippen LogP contribution in [0.4, 0.5) is 5.69 Å². The van der Waals surface area contributed by atoms with Crippen LogP contribution in [0, 0.1) is 6.92 Å². The predicted octanol–water partition coefficient (Wildman–Crippen LogP) is 5.72. The number of hydrogen-bond donors (Lipinski definition) is 1. The SMILES string of the molecule is COc1ccc(S(=O)(=O)Nc2ccc(CSc3ccccc3)cc2C)cc1C(=O)N1CCCCC1. The molecular formula is C27H30N2O4S2. The molecule has 0 aromatic heterocycles. The van der Waals surface area contributed by atoms with Crippen molar-refractivity contribution in [2.24, 2.45) is 0 Å². The van der Waals surface area contributed by atoms with Crippen LogP contribution in [0.15, 0.2) is 76.5 Å². The molecule has 8 heteroatoms. The van der Waals surface area contributed by atoms with Gasteiger partial charge in [0.2, 0.25) is 0 Å². The van der Waals surface area contributed by atoms with Crippen LogP contribution in [0.3, 0.4) is 0 Å². The fourth-order valence-corrected chi connectivity index (χ4v) is 6.12. The van der Waals surface area contributed by atoms with E-state index in [0.717, 1.165) is 36.1 Å². The molecule has 0 atom stereocenters. The van der Waals surface area contributed by atoms with Crippen molar-refractivity contribution in [2.75, 3.05) is 24.9 Å².